The van der Waals surface area contributed by atoms with E-state index >= 15 is 0 Å². The second-order valence-electron chi connectivity index (χ2n) is 4.21. The first-order chi connectivity index (χ1) is 7.71. The van der Waals surface area contributed by atoms with Crippen LogP contribution in [0.4, 0.5) is 0 Å². The summed E-state index contributed by atoms with van der Waals surface area (Å²) in [4.78, 5) is 11.9. The van der Waals surface area contributed by atoms with Crippen molar-refractivity contribution in [3.8, 4) is 0 Å². The zero-order valence-corrected chi connectivity index (χ0v) is 10.2. The summed E-state index contributed by atoms with van der Waals surface area (Å²) >= 11 is 0. The Bertz CT molecular complexity index is 325. The van der Waals surface area contributed by atoms with Gasteiger partial charge in [0, 0.05) is 18.5 Å². The van der Waals surface area contributed by atoms with E-state index in [-0.39, 0.29) is 5.78 Å². The van der Waals surface area contributed by atoms with E-state index in [0.717, 1.165) is 24.0 Å². The minimum atomic E-state index is 0.247. The third-order valence-electron chi connectivity index (χ3n) is 3.14. The summed E-state index contributed by atoms with van der Waals surface area (Å²) in [6.45, 7) is 4.80. The maximum absolute atomic E-state index is 11.9. The first kappa shape index (κ1) is 12.9. The molecule has 0 aliphatic carbocycles. The van der Waals surface area contributed by atoms with Gasteiger partial charge in [-0.2, -0.15) is 0 Å². The number of Topliss-reactive ketones (excluding diaryl/α,β-unsaturated/α-hetero) is 1. The van der Waals surface area contributed by atoms with Crippen LogP contribution in [-0.2, 0) is 6.54 Å². The molecular weight excluding hydrogens is 198 g/mol. The highest BCUT2D eigenvalue weighted by Gasteiger charge is 2.11. The number of carbonyl (C=O) groups excluding carboxylic acids is 1. The molecule has 0 heterocycles. The van der Waals surface area contributed by atoms with Gasteiger partial charge in [-0.05, 0) is 11.5 Å². The van der Waals surface area contributed by atoms with Gasteiger partial charge in [0.25, 0.3) is 0 Å². The number of nitrogens with two attached hydrogens (primary N) is 1. The van der Waals surface area contributed by atoms with Gasteiger partial charge >= 0.3 is 0 Å². The van der Waals surface area contributed by atoms with Crippen molar-refractivity contribution >= 4 is 5.78 Å². The van der Waals surface area contributed by atoms with Crippen molar-refractivity contribution in [2.75, 3.05) is 0 Å². The van der Waals surface area contributed by atoms with Crippen LogP contribution < -0.4 is 5.73 Å². The molecule has 0 amide bonds. The van der Waals surface area contributed by atoms with Gasteiger partial charge in [-0.3, -0.25) is 4.79 Å². The molecule has 0 atom stereocenters. The van der Waals surface area contributed by atoms with Crippen LogP contribution in [0.5, 0.6) is 0 Å². The van der Waals surface area contributed by atoms with Crippen molar-refractivity contribution in [2.45, 2.75) is 39.7 Å². The van der Waals surface area contributed by atoms with Crippen molar-refractivity contribution < 1.29 is 4.79 Å². The molecule has 2 heteroatoms. The van der Waals surface area contributed by atoms with Crippen LogP contribution in [0.2, 0.25) is 0 Å². The highest BCUT2D eigenvalue weighted by atomic mass is 16.1. The highest BCUT2D eigenvalue weighted by molar-refractivity contribution is 5.96. The van der Waals surface area contributed by atoms with Gasteiger partial charge in [0.1, 0.15) is 0 Å². The minimum absolute atomic E-state index is 0.247. The third kappa shape index (κ3) is 3.46. The fourth-order valence-corrected chi connectivity index (χ4v) is 1.78. The summed E-state index contributed by atoms with van der Waals surface area (Å²) in [5.74, 6) is 0.763. The molecule has 0 bridgehead atoms. The minimum Gasteiger partial charge on any atom is -0.326 e. The van der Waals surface area contributed by atoms with Crippen molar-refractivity contribution in [1.29, 1.82) is 0 Å². The molecule has 1 aromatic rings. The zero-order valence-electron chi connectivity index (χ0n) is 10.2. The summed E-state index contributed by atoms with van der Waals surface area (Å²) in [6, 6.07) is 7.63. The predicted molar refractivity (Wildman–Crippen MR) is 67.4 cm³/mol. The molecule has 0 radical (unpaired) electrons. The van der Waals surface area contributed by atoms with Crippen LogP contribution in [-0.4, -0.2) is 5.78 Å². The molecular formula is C14H21NO. The van der Waals surface area contributed by atoms with Crippen LogP contribution in [0, 0.1) is 5.92 Å². The lowest BCUT2D eigenvalue weighted by Crippen LogP contribution is -2.07. The lowest BCUT2D eigenvalue weighted by atomic mass is 9.94. The third-order valence-corrected chi connectivity index (χ3v) is 3.14. The molecule has 2 N–H and O–H groups in total. The monoisotopic (exact) mass is 219 g/mol. The Balaban J connectivity index is 2.65. The Morgan fingerprint density at radius 2 is 1.75 bits per heavy atom. The average molecular weight is 219 g/mol. The molecule has 0 aliphatic heterocycles. The van der Waals surface area contributed by atoms with Crippen molar-refractivity contribution in [1.82, 2.24) is 0 Å². The molecule has 0 saturated carbocycles. The number of benzene rings is 1. The average Bonchev–Trinajstić information content (AvgIpc) is 2.35. The first-order valence-corrected chi connectivity index (χ1v) is 6.03. The number of hydrogen-bond acceptors (Lipinski definition) is 2. The van der Waals surface area contributed by atoms with E-state index in [1.807, 2.05) is 24.3 Å². The Morgan fingerprint density at radius 1 is 1.19 bits per heavy atom. The number of ketones is 1. The first-order valence-electron chi connectivity index (χ1n) is 6.03. The molecule has 0 fully saturated rings. The molecule has 0 aromatic heterocycles. The van der Waals surface area contributed by atoms with Gasteiger partial charge in [-0.1, -0.05) is 51.0 Å². The van der Waals surface area contributed by atoms with E-state index < -0.39 is 0 Å². The molecule has 0 aliphatic rings. The smallest absolute Gasteiger partial charge is 0.163 e. The predicted octanol–water partition coefficient (Wildman–Crippen LogP) is 3.15. The van der Waals surface area contributed by atoms with Gasteiger partial charge in [-0.25, -0.2) is 0 Å². The molecule has 16 heavy (non-hydrogen) atoms. The van der Waals surface area contributed by atoms with E-state index in [1.165, 1.54) is 0 Å². The number of hydrogen-bond donors (Lipinski definition) is 1. The Labute approximate surface area is 97.9 Å². The van der Waals surface area contributed by atoms with Gasteiger partial charge in [0.05, 0.1) is 0 Å². The summed E-state index contributed by atoms with van der Waals surface area (Å²) in [6.07, 6.45) is 2.81. The van der Waals surface area contributed by atoms with Gasteiger partial charge in [0.15, 0.2) is 5.78 Å². The van der Waals surface area contributed by atoms with Crippen molar-refractivity contribution in [3.63, 3.8) is 0 Å². The molecule has 88 valence electrons. The maximum Gasteiger partial charge on any atom is 0.163 e. The molecule has 1 rings (SSSR count). The summed E-state index contributed by atoms with van der Waals surface area (Å²) in [7, 11) is 0. The van der Waals surface area contributed by atoms with Crippen LogP contribution >= 0.6 is 0 Å². The Kier molecular flexibility index (Phi) is 5.20. The molecule has 0 saturated heterocycles. The van der Waals surface area contributed by atoms with Crippen LogP contribution in [0.1, 0.15) is 49.0 Å². The van der Waals surface area contributed by atoms with E-state index in [4.69, 9.17) is 5.73 Å². The van der Waals surface area contributed by atoms with Crippen molar-refractivity contribution in [2.24, 2.45) is 11.7 Å². The van der Waals surface area contributed by atoms with Crippen LogP contribution in [0.3, 0.4) is 0 Å². The topological polar surface area (TPSA) is 43.1 Å². The molecule has 2 nitrogen and oxygen atoms in total. The zero-order chi connectivity index (χ0) is 12.0. The quantitative estimate of drug-likeness (QED) is 0.747. The Hall–Kier alpha value is -1.15. The summed E-state index contributed by atoms with van der Waals surface area (Å²) < 4.78 is 0. The van der Waals surface area contributed by atoms with E-state index in [1.54, 1.807) is 0 Å². The van der Waals surface area contributed by atoms with Gasteiger partial charge in [0.2, 0.25) is 0 Å². The van der Waals surface area contributed by atoms with Crippen molar-refractivity contribution in [3.05, 3.63) is 35.4 Å². The second-order valence-corrected chi connectivity index (χ2v) is 4.21. The summed E-state index contributed by atoms with van der Waals surface area (Å²) in [5.41, 5.74) is 7.39. The Morgan fingerprint density at radius 3 is 2.19 bits per heavy atom. The fraction of sp³-hybridized carbons (Fsp3) is 0.500. The van der Waals surface area contributed by atoms with Crippen LogP contribution in [0.15, 0.2) is 24.3 Å². The van der Waals surface area contributed by atoms with E-state index in [2.05, 4.69) is 13.8 Å². The van der Waals surface area contributed by atoms with E-state index in [0.29, 0.717) is 18.9 Å². The summed E-state index contributed by atoms with van der Waals surface area (Å²) in [5, 5.41) is 0. The molecule has 0 spiro atoms. The second kappa shape index (κ2) is 6.44. The largest absolute Gasteiger partial charge is 0.326 e. The lowest BCUT2D eigenvalue weighted by molar-refractivity contribution is 0.0958. The van der Waals surface area contributed by atoms with E-state index in [9.17, 15) is 4.79 Å². The molecule has 0 unspecified atom stereocenters. The number of carbonyl (C=O) groups is 1. The standard InChI is InChI=1S/C14H21NO/c1-3-11(4-2)9-14(16)13-7-5-12(10-15)6-8-13/h5-8,11H,3-4,9-10,15H2,1-2H3. The number of rotatable bonds is 6. The highest BCUT2D eigenvalue weighted by Crippen LogP contribution is 2.16. The maximum atomic E-state index is 11.9. The van der Waals surface area contributed by atoms with Crippen LogP contribution in [0.25, 0.3) is 0 Å². The van der Waals surface area contributed by atoms with Gasteiger partial charge < -0.3 is 5.73 Å². The van der Waals surface area contributed by atoms with Gasteiger partial charge in [-0.15, -0.1) is 0 Å². The lowest BCUT2D eigenvalue weighted by Gasteiger charge is -2.10. The fourth-order valence-electron chi connectivity index (χ4n) is 1.78. The normalized spacial score (nSPS) is 10.8. The SMILES string of the molecule is CCC(CC)CC(=O)c1ccc(CN)cc1. The molecule has 1 aromatic carbocycles.